The van der Waals surface area contributed by atoms with Gasteiger partial charge in [-0.2, -0.15) is 0 Å². The Labute approximate surface area is 462 Å². The van der Waals surface area contributed by atoms with Crippen LogP contribution in [0.15, 0.2) is 79.4 Å². The first-order chi connectivity index (χ1) is 37.1. The molecule has 0 bridgehead atoms. The molecule has 2 aromatic carbocycles. The number of carbonyl (C=O) groups excluding carboxylic acids is 3. The number of aromatic nitrogens is 3. The molecule has 6 fully saturated rings. The Hall–Kier alpha value is -4.69. The zero-order chi connectivity index (χ0) is 54.0. The minimum atomic E-state index is -0.779. The highest BCUT2D eigenvalue weighted by molar-refractivity contribution is 6.61. The summed E-state index contributed by atoms with van der Waals surface area (Å²) in [6.45, 7) is 9.42. The van der Waals surface area contributed by atoms with Gasteiger partial charge in [0.1, 0.15) is 18.2 Å². The summed E-state index contributed by atoms with van der Waals surface area (Å²) in [6, 6.07) is 19.2. The Morgan fingerprint density at radius 3 is 2.08 bits per heavy atom. The van der Waals surface area contributed by atoms with E-state index in [1.54, 1.807) is 4.90 Å². The van der Waals surface area contributed by atoms with Gasteiger partial charge in [-0.3, -0.25) is 19.6 Å². The van der Waals surface area contributed by atoms with Crippen LogP contribution in [-0.2, 0) is 59.1 Å². The Balaban J connectivity index is 0.000000233. The van der Waals surface area contributed by atoms with Crippen molar-refractivity contribution in [3.63, 3.8) is 0 Å². The number of rotatable bonds is 10. The number of piperazine rings is 1. The van der Waals surface area contributed by atoms with Gasteiger partial charge < -0.3 is 48.1 Å². The number of imidazole rings is 1. The summed E-state index contributed by atoms with van der Waals surface area (Å²) >= 11 is 11.7. The van der Waals surface area contributed by atoms with Crippen LogP contribution >= 0.6 is 23.2 Å². The second-order valence-electron chi connectivity index (χ2n) is 21.9. The smallest absolute Gasteiger partial charge is 0.410 e. The molecule has 19 heteroatoms. The number of hydrogen-bond donors (Lipinski definition) is 2. The first-order valence-electron chi connectivity index (χ1n) is 27.7. The number of hydrogen-bond acceptors (Lipinski definition) is 14. The molecule has 2 N–H and O–H groups in total. The summed E-state index contributed by atoms with van der Waals surface area (Å²) in [6.07, 6.45) is 15.9. The molecular formula is C58H76Cl2N6O11. The van der Waals surface area contributed by atoms with Crippen LogP contribution in [0.2, 0.25) is 5.02 Å². The number of benzene rings is 2. The lowest BCUT2D eigenvalue weighted by Gasteiger charge is -2.45. The summed E-state index contributed by atoms with van der Waals surface area (Å²) in [5.74, 6) is -0.806. The lowest BCUT2D eigenvalue weighted by atomic mass is 9.85. The van der Waals surface area contributed by atoms with Crippen LogP contribution in [0.25, 0.3) is 0 Å². The average Bonchev–Trinajstić information content (AvgIpc) is 4.19. The number of ether oxygens (including phenoxy) is 6. The normalized spacial score (nSPS) is 25.8. The number of aliphatic hydroxyl groups excluding tert-OH is 1. The molecular weight excluding hydrogens is 1030 g/mol. The second-order valence-corrected chi connectivity index (χ2v) is 22.7. The van der Waals surface area contributed by atoms with Crippen molar-refractivity contribution in [1.29, 1.82) is 0 Å². The van der Waals surface area contributed by atoms with Crippen molar-refractivity contribution >= 4 is 40.6 Å². The quantitative estimate of drug-likeness (QED) is 0.143. The predicted octanol–water partition coefficient (Wildman–Crippen LogP) is 9.08. The fourth-order valence-electron chi connectivity index (χ4n) is 12.0. The average molecular weight is 1100 g/mol. The number of halogens is 2. The van der Waals surface area contributed by atoms with E-state index >= 15 is 4.79 Å². The van der Waals surface area contributed by atoms with E-state index in [2.05, 4.69) is 28.1 Å². The number of aryl methyl sites for hydroxylation is 4. The minimum absolute atomic E-state index is 0.0709. The lowest BCUT2D eigenvalue weighted by molar-refractivity contribution is -0.187. The predicted molar refractivity (Wildman–Crippen MR) is 288 cm³/mol. The van der Waals surface area contributed by atoms with Crippen molar-refractivity contribution in [1.82, 2.24) is 29.2 Å². The van der Waals surface area contributed by atoms with Crippen LogP contribution < -0.4 is 0 Å². The molecule has 3 saturated carbocycles. The maximum atomic E-state index is 15.0. The number of pyridine rings is 1. The standard InChI is InChI=1S/C41H49ClN6O4.C9H13ClO4.C8H14O3/c1-29-25-45(28-44-29)20-7-21-47(26-30-8-4-3-5-9-30)39(49)36-27-46(22-23-48(36)40(50)52-34-15-17-41(2,51)18-16-34)38-35-14-13-33(42)24-32(35)12-11-31-10-6-19-43-37(31)38;10-8(11)14-7-1-3-9(4-2-7)12-5-6-13-9;9-7-1-3-8(4-2-7)10-5-6-11-8/h3-6,8-10,13-14,19,24-25,28,34,36,38,51H,7,11-12,15-18,20-23,26-27H2,1-2H3;7H,1-6H2;7,9H,1-6H2/t34?,36-,38?,41?;;/m1../s1. The lowest BCUT2D eigenvalue weighted by Crippen LogP contribution is -2.62. The third kappa shape index (κ3) is 15.2. The van der Waals surface area contributed by atoms with Gasteiger partial charge in [0, 0.05) is 94.0 Å². The molecule has 2 atom stereocenters. The molecule has 2 amide bonds. The van der Waals surface area contributed by atoms with Gasteiger partial charge in [0.05, 0.1) is 61.9 Å². The number of nitrogens with zero attached hydrogens (tertiary/aromatic N) is 6. The second kappa shape index (κ2) is 26.1. The summed E-state index contributed by atoms with van der Waals surface area (Å²) in [5.41, 5.74) is 4.98. The Bertz CT molecular complexity index is 2560. The fraction of sp³-hybridized carbons (Fsp3) is 0.603. The van der Waals surface area contributed by atoms with Crippen LogP contribution in [0.5, 0.6) is 0 Å². The van der Waals surface area contributed by atoms with Crippen LogP contribution in [-0.4, -0.2) is 151 Å². The van der Waals surface area contributed by atoms with Gasteiger partial charge in [-0.05, 0) is 125 Å². The molecule has 3 aliphatic heterocycles. The first kappa shape index (κ1) is 57.0. The van der Waals surface area contributed by atoms with Crippen molar-refractivity contribution in [3.8, 4) is 0 Å². The van der Waals surface area contributed by atoms with Crippen LogP contribution in [0.1, 0.15) is 130 Å². The van der Waals surface area contributed by atoms with Crippen molar-refractivity contribution in [3.05, 3.63) is 118 Å². The van der Waals surface area contributed by atoms with Crippen molar-refractivity contribution in [2.24, 2.45) is 0 Å². The molecule has 2 aromatic heterocycles. The Morgan fingerprint density at radius 1 is 0.792 bits per heavy atom. The van der Waals surface area contributed by atoms with E-state index < -0.39 is 29.0 Å². The van der Waals surface area contributed by atoms with Crippen molar-refractivity contribution < 1.29 is 53.0 Å². The van der Waals surface area contributed by atoms with Crippen molar-refractivity contribution in [2.45, 2.75) is 171 Å². The molecule has 17 nitrogen and oxygen atoms in total. The molecule has 11 rings (SSSR count). The van der Waals surface area contributed by atoms with E-state index in [1.807, 2.05) is 84.5 Å². The molecule has 3 saturated heterocycles. The highest BCUT2D eigenvalue weighted by Crippen LogP contribution is 2.40. The number of fused-ring (bicyclic) bond motifs is 2. The van der Waals surface area contributed by atoms with Gasteiger partial charge in [-0.1, -0.05) is 54.1 Å². The van der Waals surface area contributed by atoms with E-state index in [9.17, 15) is 19.8 Å². The molecule has 5 heterocycles. The molecule has 4 aromatic rings. The molecule has 7 aliphatic rings. The maximum absolute atomic E-state index is 15.0. The van der Waals surface area contributed by atoms with E-state index in [1.165, 1.54) is 11.1 Å². The highest BCUT2D eigenvalue weighted by atomic mass is 35.5. The maximum Gasteiger partial charge on any atom is 0.410 e. The van der Waals surface area contributed by atoms with Crippen LogP contribution in [0.4, 0.5) is 9.59 Å². The number of amides is 2. The minimum Gasteiger partial charge on any atom is -0.450 e. The van der Waals surface area contributed by atoms with Gasteiger partial charge >= 0.3 is 11.5 Å². The van der Waals surface area contributed by atoms with Crippen LogP contribution in [0, 0.1) is 6.92 Å². The Kier molecular flexibility index (Phi) is 19.3. The van der Waals surface area contributed by atoms with Crippen LogP contribution in [0.3, 0.4) is 0 Å². The molecule has 4 aliphatic carbocycles. The molecule has 0 radical (unpaired) electrons. The molecule has 77 heavy (non-hydrogen) atoms. The van der Waals surface area contributed by atoms with E-state index in [-0.39, 0.29) is 36.0 Å². The van der Waals surface area contributed by atoms with E-state index in [0.29, 0.717) is 76.6 Å². The largest absolute Gasteiger partial charge is 0.450 e. The molecule has 1 unspecified atom stereocenters. The molecule has 418 valence electrons. The number of carbonyl (C=O) groups is 3. The number of aliphatic hydroxyl groups is 2. The summed E-state index contributed by atoms with van der Waals surface area (Å²) in [5, 5.41) is 20.5. The summed E-state index contributed by atoms with van der Waals surface area (Å²) in [7, 11) is 0. The van der Waals surface area contributed by atoms with Gasteiger partial charge in [0.25, 0.3) is 0 Å². The van der Waals surface area contributed by atoms with Gasteiger partial charge in [0.15, 0.2) is 11.6 Å². The summed E-state index contributed by atoms with van der Waals surface area (Å²) < 4.78 is 35.1. The SMILES string of the molecule is Cc1cn(CCCN(Cc2ccccc2)C(=O)[C@H]2CN(C3c4ccc(Cl)cc4CCc4cccnc43)CCN2C(=O)OC2CCC(C)(O)CC2)cn1.O=C(Cl)OC1CCC2(CC1)OCCO2.OC1CCC2(CC1)OCCO2. The highest BCUT2D eigenvalue weighted by Gasteiger charge is 2.45. The monoisotopic (exact) mass is 1100 g/mol. The van der Waals surface area contributed by atoms with Gasteiger partial charge in [-0.15, -0.1) is 0 Å². The third-order valence-electron chi connectivity index (χ3n) is 16.3. The van der Waals surface area contributed by atoms with Gasteiger partial charge in [0.2, 0.25) is 5.91 Å². The Morgan fingerprint density at radius 2 is 1.43 bits per heavy atom. The first-order valence-corrected chi connectivity index (χ1v) is 28.5. The van der Waals surface area contributed by atoms with Gasteiger partial charge in [-0.25, -0.2) is 14.6 Å². The van der Waals surface area contributed by atoms with E-state index in [4.69, 9.17) is 56.6 Å². The third-order valence-corrected chi connectivity index (χ3v) is 16.6. The topological polar surface area (TPSA) is 187 Å². The summed E-state index contributed by atoms with van der Waals surface area (Å²) in [4.78, 5) is 54.8. The fourth-order valence-corrected chi connectivity index (χ4v) is 12.3. The van der Waals surface area contributed by atoms with E-state index in [0.717, 1.165) is 113 Å². The molecule has 2 spiro atoms. The zero-order valence-electron chi connectivity index (χ0n) is 44.6. The van der Waals surface area contributed by atoms with Crippen molar-refractivity contribution in [2.75, 3.05) is 52.6 Å². The zero-order valence-corrected chi connectivity index (χ0v) is 46.1.